The molecule has 5 aromatic rings. The van der Waals surface area contributed by atoms with Crippen LogP contribution in [-0.2, 0) is 16.1 Å². The summed E-state index contributed by atoms with van der Waals surface area (Å²) >= 11 is 0. The predicted molar refractivity (Wildman–Crippen MR) is 166 cm³/mol. The van der Waals surface area contributed by atoms with E-state index in [4.69, 9.17) is 9.84 Å². The summed E-state index contributed by atoms with van der Waals surface area (Å²) in [7, 11) is 0. The molecule has 0 fully saturated rings. The van der Waals surface area contributed by atoms with Gasteiger partial charge in [0.2, 0.25) is 0 Å². The number of ether oxygens (including phenoxy) is 1. The van der Waals surface area contributed by atoms with Crippen molar-refractivity contribution in [2.45, 2.75) is 39.2 Å². The Morgan fingerprint density at radius 3 is 2.12 bits per heavy atom. The van der Waals surface area contributed by atoms with Gasteiger partial charge < -0.3 is 9.30 Å². The Labute approximate surface area is 236 Å². The van der Waals surface area contributed by atoms with Crippen molar-refractivity contribution in [3.8, 4) is 0 Å². The first-order valence-corrected chi connectivity index (χ1v) is 13.9. The van der Waals surface area contributed by atoms with E-state index in [1.54, 1.807) is 6.92 Å². The number of anilines is 2. The van der Waals surface area contributed by atoms with Gasteiger partial charge in [0.05, 0.1) is 24.2 Å². The van der Waals surface area contributed by atoms with Gasteiger partial charge in [-0.3, -0.25) is 0 Å². The summed E-state index contributed by atoms with van der Waals surface area (Å²) in [5.74, 6) is -0.303. The number of hydrogen-bond acceptors (Lipinski definition) is 4. The molecule has 4 aromatic carbocycles. The van der Waals surface area contributed by atoms with E-state index in [-0.39, 0.29) is 5.97 Å². The van der Waals surface area contributed by atoms with E-state index in [0.717, 1.165) is 49.2 Å². The molecule has 0 unspecified atom stereocenters. The summed E-state index contributed by atoms with van der Waals surface area (Å²) in [6.07, 6.45) is 5.98. The van der Waals surface area contributed by atoms with Crippen molar-refractivity contribution < 1.29 is 9.53 Å². The number of unbranched alkanes of at least 4 members (excludes halogenated alkanes) is 3. The fraction of sp³-hybridized carbons (Fsp3) is 0.200. The van der Waals surface area contributed by atoms with Crippen LogP contribution in [0.15, 0.2) is 120 Å². The van der Waals surface area contributed by atoms with Gasteiger partial charge in [-0.1, -0.05) is 73.7 Å². The standard InChI is InChI=1S/C35H35N3O2/c1-27(2)35(39)40-24-14-4-3-13-23-37-33-20-12-11-19-31(33)32-25-28(21-22-34(32)37)26-36-38(29-15-7-5-8-16-29)30-17-9-6-10-18-30/h5-12,15-22,25-26H,1,3-4,13-14,23-24H2,2H3/b36-26+. The van der Waals surface area contributed by atoms with Crippen LogP contribution in [0.3, 0.4) is 0 Å². The Bertz CT molecular complexity index is 1580. The molecule has 0 atom stereocenters. The average Bonchev–Trinajstić information content (AvgIpc) is 3.30. The normalized spacial score (nSPS) is 11.3. The minimum absolute atomic E-state index is 0.303. The Hall–Kier alpha value is -4.64. The molecule has 0 aliphatic heterocycles. The highest BCUT2D eigenvalue weighted by atomic mass is 16.5. The Balaban J connectivity index is 1.33. The zero-order valence-corrected chi connectivity index (χ0v) is 23.0. The molecule has 1 heterocycles. The van der Waals surface area contributed by atoms with Crippen LogP contribution >= 0.6 is 0 Å². The molecule has 0 saturated heterocycles. The number of hydrogen-bond donors (Lipinski definition) is 0. The lowest BCUT2D eigenvalue weighted by atomic mass is 10.1. The lowest BCUT2D eigenvalue weighted by Crippen LogP contribution is -2.09. The first-order valence-electron chi connectivity index (χ1n) is 13.9. The molecule has 1 aromatic heterocycles. The third-order valence-corrected chi connectivity index (χ3v) is 6.98. The van der Waals surface area contributed by atoms with E-state index in [1.807, 2.05) is 47.6 Å². The van der Waals surface area contributed by atoms with E-state index in [1.165, 1.54) is 21.8 Å². The highest BCUT2D eigenvalue weighted by Crippen LogP contribution is 2.30. The summed E-state index contributed by atoms with van der Waals surface area (Å²) in [5, 5.41) is 9.35. The number of para-hydroxylation sites is 3. The largest absolute Gasteiger partial charge is 0.462 e. The highest BCUT2D eigenvalue weighted by molar-refractivity contribution is 6.09. The van der Waals surface area contributed by atoms with Crippen LogP contribution in [0.5, 0.6) is 0 Å². The van der Waals surface area contributed by atoms with Gasteiger partial charge in [0.1, 0.15) is 0 Å². The van der Waals surface area contributed by atoms with E-state index in [0.29, 0.717) is 12.2 Å². The minimum atomic E-state index is -0.303. The minimum Gasteiger partial charge on any atom is -0.462 e. The molecular weight excluding hydrogens is 494 g/mol. The Morgan fingerprint density at radius 2 is 1.43 bits per heavy atom. The monoisotopic (exact) mass is 529 g/mol. The SMILES string of the molecule is C=C(C)C(=O)OCCCCCCn1c2ccccc2c2cc(/C=N/N(c3ccccc3)c3ccccc3)ccc21. The van der Waals surface area contributed by atoms with Crippen LogP contribution in [0.2, 0.25) is 0 Å². The molecule has 40 heavy (non-hydrogen) atoms. The number of nitrogens with zero attached hydrogens (tertiary/aromatic N) is 3. The van der Waals surface area contributed by atoms with Crippen molar-refractivity contribution in [2.24, 2.45) is 5.10 Å². The number of rotatable bonds is 12. The predicted octanol–water partition coefficient (Wildman–Crippen LogP) is 8.65. The number of esters is 1. The second kappa shape index (κ2) is 12.9. The number of fused-ring (bicyclic) bond motifs is 3. The van der Waals surface area contributed by atoms with E-state index >= 15 is 0 Å². The second-order valence-electron chi connectivity index (χ2n) is 10.0. The lowest BCUT2D eigenvalue weighted by molar-refractivity contribution is -0.139. The van der Waals surface area contributed by atoms with Crippen molar-refractivity contribution in [3.05, 3.63) is 121 Å². The third-order valence-electron chi connectivity index (χ3n) is 6.98. The number of hydrazone groups is 1. The Kier molecular flexibility index (Phi) is 8.72. The van der Waals surface area contributed by atoms with Gasteiger partial charge in [0, 0.05) is 33.9 Å². The smallest absolute Gasteiger partial charge is 0.333 e. The van der Waals surface area contributed by atoms with Crippen molar-refractivity contribution >= 4 is 45.4 Å². The van der Waals surface area contributed by atoms with Crippen molar-refractivity contribution in [2.75, 3.05) is 11.6 Å². The van der Waals surface area contributed by atoms with Crippen molar-refractivity contribution in [1.82, 2.24) is 4.57 Å². The van der Waals surface area contributed by atoms with Crippen molar-refractivity contribution in [1.29, 1.82) is 0 Å². The van der Waals surface area contributed by atoms with Gasteiger partial charge in [0.15, 0.2) is 0 Å². The molecule has 0 N–H and O–H groups in total. The molecule has 0 saturated carbocycles. The van der Waals surface area contributed by atoms with Gasteiger partial charge in [-0.05, 0) is 74.2 Å². The molecule has 0 aliphatic rings. The highest BCUT2D eigenvalue weighted by Gasteiger charge is 2.11. The fourth-order valence-corrected chi connectivity index (χ4v) is 4.95. The second-order valence-corrected chi connectivity index (χ2v) is 10.0. The molecule has 5 heteroatoms. The van der Waals surface area contributed by atoms with Crippen LogP contribution < -0.4 is 5.01 Å². The molecule has 5 rings (SSSR count). The number of carbonyl (C=O) groups excluding carboxylic acids is 1. The zero-order chi connectivity index (χ0) is 27.7. The quantitative estimate of drug-likeness (QED) is 0.0534. The molecule has 202 valence electrons. The molecular formula is C35H35N3O2. The summed E-state index contributed by atoms with van der Waals surface area (Å²) in [4.78, 5) is 11.5. The zero-order valence-electron chi connectivity index (χ0n) is 23.0. The topological polar surface area (TPSA) is 46.8 Å². The fourth-order valence-electron chi connectivity index (χ4n) is 4.95. The number of carbonyl (C=O) groups is 1. The Morgan fingerprint density at radius 1 is 0.800 bits per heavy atom. The van der Waals surface area contributed by atoms with Gasteiger partial charge in [-0.25, -0.2) is 9.80 Å². The maximum absolute atomic E-state index is 11.5. The molecule has 0 bridgehead atoms. The van der Waals surface area contributed by atoms with Crippen LogP contribution in [-0.4, -0.2) is 23.4 Å². The first kappa shape index (κ1) is 26.9. The van der Waals surface area contributed by atoms with Gasteiger partial charge in [-0.2, -0.15) is 5.10 Å². The summed E-state index contributed by atoms with van der Waals surface area (Å²) in [5.41, 5.74) is 6.00. The van der Waals surface area contributed by atoms with Crippen LogP contribution in [0, 0.1) is 0 Å². The molecule has 5 nitrogen and oxygen atoms in total. The molecule has 0 amide bonds. The maximum Gasteiger partial charge on any atom is 0.333 e. The van der Waals surface area contributed by atoms with Gasteiger partial charge >= 0.3 is 5.97 Å². The molecule has 0 aliphatic carbocycles. The van der Waals surface area contributed by atoms with E-state index in [2.05, 4.69) is 77.9 Å². The van der Waals surface area contributed by atoms with Gasteiger partial charge in [0.25, 0.3) is 0 Å². The lowest BCUT2D eigenvalue weighted by Gasteiger charge is -2.19. The molecule has 0 spiro atoms. The third kappa shape index (κ3) is 6.32. The number of aryl methyl sites for hydroxylation is 1. The maximum atomic E-state index is 11.5. The van der Waals surface area contributed by atoms with E-state index < -0.39 is 0 Å². The van der Waals surface area contributed by atoms with E-state index in [9.17, 15) is 4.79 Å². The number of aromatic nitrogens is 1. The summed E-state index contributed by atoms with van der Waals surface area (Å²) < 4.78 is 7.63. The average molecular weight is 530 g/mol. The summed E-state index contributed by atoms with van der Waals surface area (Å²) in [6.45, 7) is 6.70. The van der Waals surface area contributed by atoms with Crippen molar-refractivity contribution in [3.63, 3.8) is 0 Å². The first-order chi connectivity index (χ1) is 19.6. The number of benzene rings is 4. The summed E-state index contributed by atoms with van der Waals surface area (Å²) in [6, 6.07) is 35.6. The van der Waals surface area contributed by atoms with Crippen LogP contribution in [0.25, 0.3) is 21.8 Å². The molecule has 0 radical (unpaired) electrons. The van der Waals surface area contributed by atoms with Crippen LogP contribution in [0.4, 0.5) is 11.4 Å². The van der Waals surface area contributed by atoms with Crippen LogP contribution in [0.1, 0.15) is 38.2 Å². The van der Waals surface area contributed by atoms with Gasteiger partial charge in [-0.15, -0.1) is 0 Å².